The maximum absolute atomic E-state index is 5.45. The minimum atomic E-state index is 0.707. The van der Waals surface area contributed by atoms with Crippen LogP contribution in [0.15, 0.2) is 0 Å². The molecule has 2 fully saturated rings. The topological polar surface area (TPSA) is 19.0 Å². The fourth-order valence-corrected chi connectivity index (χ4v) is 3.90. The van der Waals surface area contributed by atoms with Gasteiger partial charge in [-0.3, -0.25) is 9.80 Å². The van der Waals surface area contributed by atoms with Gasteiger partial charge in [-0.1, -0.05) is 0 Å². The third kappa shape index (κ3) is 7.08. The first-order valence-electron chi connectivity index (χ1n) is 9.95. The van der Waals surface area contributed by atoms with Crippen LogP contribution in [0.1, 0.15) is 46.5 Å². The van der Waals surface area contributed by atoms with Gasteiger partial charge in [-0.2, -0.15) is 0 Å². The highest BCUT2D eigenvalue weighted by molar-refractivity contribution is 4.77. The van der Waals surface area contributed by atoms with Crippen molar-refractivity contribution in [3.05, 3.63) is 0 Å². The predicted molar refractivity (Wildman–Crippen MR) is 98.0 cm³/mol. The number of hydrogen-bond donors (Lipinski definition) is 0. The Balaban J connectivity index is 1.52. The summed E-state index contributed by atoms with van der Waals surface area (Å²) in [7, 11) is 0. The molecule has 136 valence electrons. The third-order valence-electron chi connectivity index (χ3n) is 5.68. The summed E-state index contributed by atoms with van der Waals surface area (Å²) in [6.07, 6.45) is 5.41. The van der Waals surface area contributed by atoms with Crippen molar-refractivity contribution in [2.24, 2.45) is 5.92 Å². The highest BCUT2D eigenvalue weighted by Crippen LogP contribution is 2.21. The van der Waals surface area contributed by atoms with Crippen LogP contribution in [0.4, 0.5) is 0 Å². The summed E-state index contributed by atoms with van der Waals surface area (Å²) < 4.78 is 5.45. The van der Waals surface area contributed by atoms with Crippen molar-refractivity contribution in [3.8, 4) is 0 Å². The van der Waals surface area contributed by atoms with Gasteiger partial charge in [-0.05, 0) is 65.5 Å². The summed E-state index contributed by atoms with van der Waals surface area (Å²) in [5.41, 5.74) is 0. The second-order valence-electron chi connectivity index (χ2n) is 7.60. The first-order chi connectivity index (χ1) is 11.2. The average Bonchev–Trinajstić information content (AvgIpc) is 2.58. The number of nitrogens with zero attached hydrogens (tertiary/aromatic N) is 3. The molecule has 2 saturated heterocycles. The molecule has 0 saturated carbocycles. The largest absolute Gasteiger partial charge is 0.382 e. The van der Waals surface area contributed by atoms with Crippen molar-refractivity contribution in [1.82, 2.24) is 14.7 Å². The second kappa shape index (κ2) is 10.7. The molecule has 0 aliphatic carbocycles. The van der Waals surface area contributed by atoms with Crippen LogP contribution < -0.4 is 0 Å². The monoisotopic (exact) mass is 325 g/mol. The molecule has 0 unspecified atom stereocenters. The predicted octanol–water partition coefficient (Wildman–Crippen LogP) is 2.54. The Labute approximate surface area is 144 Å². The molecule has 4 nitrogen and oxygen atoms in total. The van der Waals surface area contributed by atoms with Crippen LogP contribution in [-0.2, 0) is 4.74 Å². The number of piperidine rings is 1. The number of ether oxygens (including phenoxy) is 1. The van der Waals surface area contributed by atoms with Crippen LogP contribution in [0.5, 0.6) is 0 Å². The normalized spacial score (nSPS) is 23.0. The van der Waals surface area contributed by atoms with Crippen molar-refractivity contribution in [2.75, 3.05) is 65.6 Å². The third-order valence-corrected chi connectivity index (χ3v) is 5.68. The van der Waals surface area contributed by atoms with Gasteiger partial charge in [-0.25, -0.2) is 0 Å². The van der Waals surface area contributed by atoms with Crippen LogP contribution in [0.3, 0.4) is 0 Å². The fraction of sp³-hybridized carbons (Fsp3) is 1.00. The minimum absolute atomic E-state index is 0.707. The Kier molecular flexibility index (Phi) is 8.88. The molecule has 0 bridgehead atoms. The first kappa shape index (κ1) is 19.2. The summed E-state index contributed by atoms with van der Waals surface area (Å²) in [5.74, 6) is 0.946. The highest BCUT2D eigenvalue weighted by Gasteiger charge is 2.21. The highest BCUT2D eigenvalue weighted by atomic mass is 16.5. The molecule has 2 heterocycles. The van der Waals surface area contributed by atoms with E-state index >= 15 is 0 Å². The maximum Gasteiger partial charge on any atom is 0.0465 e. The Morgan fingerprint density at radius 1 is 0.913 bits per heavy atom. The minimum Gasteiger partial charge on any atom is -0.382 e. The summed E-state index contributed by atoms with van der Waals surface area (Å²) in [6.45, 7) is 18.7. The Morgan fingerprint density at radius 2 is 1.52 bits per heavy atom. The molecular weight excluding hydrogens is 286 g/mol. The standard InChI is InChI=1S/C19H39N3O/c1-4-23-17-5-6-19-7-9-20(10-8-19)11-12-21-13-15-22(16-14-21)18(2)3/h18-19H,4-17H2,1-3H3. The molecule has 0 aromatic heterocycles. The summed E-state index contributed by atoms with van der Waals surface area (Å²) in [5, 5.41) is 0. The number of hydrogen-bond acceptors (Lipinski definition) is 4. The van der Waals surface area contributed by atoms with E-state index in [0.29, 0.717) is 6.04 Å². The van der Waals surface area contributed by atoms with Crippen molar-refractivity contribution >= 4 is 0 Å². The molecule has 0 N–H and O–H groups in total. The van der Waals surface area contributed by atoms with Gasteiger partial charge in [0.1, 0.15) is 0 Å². The second-order valence-corrected chi connectivity index (χ2v) is 7.60. The van der Waals surface area contributed by atoms with Crippen LogP contribution in [0.25, 0.3) is 0 Å². The van der Waals surface area contributed by atoms with Gasteiger partial charge in [0.05, 0.1) is 0 Å². The molecule has 0 radical (unpaired) electrons. The number of piperazine rings is 1. The van der Waals surface area contributed by atoms with Gasteiger partial charge < -0.3 is 9.64 Å². The maximum atomic E-state index is 5.45. The van der Waals surface area contributed by atoms with E-state index in [9.17, 15) is 0 Å². The summed E-state index contributed by atoms with van der Waals surface area (Å²) in [4.78, 5) is 7.95. The molecule has 2 aliphatic rings. The van der Waals surface area contributed by atoms with E-state index < -0.39 is 0 Å². The van der Waals surface area contributed by atoms with Gasteiger partial charge in [0, 0.05) is 58.5 Å². The first-order valence-corrected chi connectivity index (χ1v) is 9.95. The van der Waals surface area contributed by atoms with Gasteiger partial charge >= 0.3 is 0 Å². The van der Waals surface area contributed by atoms with E-state index in [4.69, 9.17) is 4.74 Å². The molecular formula is C19H39N3O. The van der Waals surface area contributed by atoms with Crippen LogP contribution in [0, 0.1) is 5.92 Å². The molecule has 0 aromatic rings. The van der Waals surface area contributed by atoms with Gasteiger partial charge in [0.2, 0.25) is 0 Å². The number of likely N-dealkylation sites (tertiary alicyclic amines) is 1. The Hall–Kier alpha value is -0.160. The van der Waals surface area contributed by atoms with Crippen molar-refractivity contribution in [2.45, 2.75) is 52.5 Å². The van der Waals surface area contributed by atoms with E-state index in [-0.39, 0.29) is 0 Å². The lowest BCUT2D eigenvalue weighted by Crippen LogP contribution is -2.50. The molecule has 0 atom stereocenters. The van der Waals surface area contributed by atoms with E-state index in [1.54, 1.807) is 0 Å². The van der Waals surface area contributed by atoms with Crippen molar-refractivity contribution < 1.29 is 4.74 Å². The average molecular weight is 326 g/mol. The lowest BCUT2D eigenvalue weighted by atomic mass is 9.92. The summed E-state index contributed by atoms with van der Waals surface area (Å²) >= 11 is 0. The molecule has 0 aromatic carbocycles. The van der Waals surface area contributed by atoms with Crippen LogP contribution in [-0.4, -0.2) is 86.3 Å². The molecule has 2 rings (SSSR count). The Morgan fingerprint density at radius 3 is 2.09 bits per heavy atom. The molecule has 23 heavy (non-hydrogen) atoms. The quantitative estimate of drug-likeness (QED) is 0.606. The van der Waals surface area contributed by atoms with Gasteiger partial charge in [-0.15, -0.1) is 0 Å². The van der Waals surface area contributed by atoms with Crippen LogP contribution >= 0.6 is 0 Å². The van der Waals surface area contributed by atoms with E-state index in [1.807, 2.05) is 0 Å². The zero-order chi connectivity index (χ0) is 16.5. The van der Waals surface area contributed by atoms with Gasteiger partial charge in [0.25, 0.3) is 0 Å². The van der Waals surface area contributed by atoms with E-state index in [0.717, 1.165) is 19.1 Å². The van der Waals surface area contributed by atoms with Crippen molar-refractivity contribution in [3.63, 3.8) is 0 Å². The molecule has 4 heteroatoms. The lowest BCUT2D eigenvalue weighted by molar-refractivity contribution is 0.0895. The SMILES string of the molecule is CCOCCCC1CCN(CCN2CCN(C(C)C)CC2)CC1. The zero-order valence-corrected chi connectivity index (χ0v) is 15.8. The number of rotatable bonds is 9. The van der Waals surface area contributed by atoms with Gasteiger partial charge in [0.15, 0.2) is 0 Å². The fourth-order valence-electron chi connectivity index (χ4n) is 3.90. The zero-order valence-electron chi connectivity index (χ0n) is 15.8. The van der Waals surface area contributed by atoms with E-state index in [1.165, 1.54) is 78.0 Å². The lowest BCUT2D eigenvalue weighted by Gasteiger charge is -2.38. The van der Waals surface area contributed by atoms with Crippen LogP contribution in [0.2, 0.25) is 0 Å². The van der Waals surface area contributed by atoms with E-state index in [2.05, 4.69) is 35.5 Å². The smallest absolute Gasteiger partial charge is 0.0465 e. The van der Waals surface area contributed by atoms with Crippen molar-refractivity contribution in [1.29, 1.82) is 0 Å². The molecule has 2 aliphatic heterocycles. The Bertz CT molecular complexity index is 295. The summed E-state index contributed by atoms with van der Waals surface area (Å²) in [6, 6.07) is 0.707. The molecule has 0 spiro atoms. The molecule has 0 amide bonds.